The molecule has 2 rings (SSSR count). The fraction of sp³-hybridized carbons (Fsp3) is 0.300. The molecule has 0 fully saturated rings. The van der Waals surface area contributed by atoms with Crippen LogP contribution in [0.25, 0.3) is 0 Å². The molecule has 0 aliphatic carbocycles. The number of hydrogen-bond donors (Lipinski definition) is 1. The fourth-order valence-corrected chi connectivity index (χ4v) is 3.99. The van der Waals surface area contributed by atoms with Gasteiger partial charge in [0.15, 0.2) is 0 Å². The topological polar surface area (TPSA) is 92.6 Å². The van der Waals surface area contributed by atoms with Crippen LogP contribution in [0.4, 0.5) is 5.69 Å². The van der Waals surface area contributed by atoms with Crippen molar-refractivity contribution in [3.8, 4) is 0 Å². The van der Waals surface area contributed by atoms with Crippen LogP contribution in [0, 0.1) is 10.1 Å². The molecule has 0 aromatic heterocycles. The number of nitro groups is 1. The van der Waals surface area contributed by atoms with Gasteiger partial charge in [-0.15, -0.1) is 11.8 Å². The van der Waals surface area contributed by atoms with E-state index in [-0.39, 0.29) is 23.3 Å². The molecule has 0 bridgehead atoms. The SMILES string of the molecule is CNC(=O)[C@@H](C)N(Cc1cccc(Br)c1)C(=O)CSCc1ccc([N+](=O)[O-])cc1. The maximum atomic E-state index is 12.9. The Kier molecular flexibility index (Phi) is 8.66. The summed E-state index contributed by atoms with van der Waals surface area (Å²) in [5.41, 5.74) is 1.85. The molecule has 9 heteroatoms. The summed E-state index contributed by atoms with van der Waals surface area (Å²) in [7, 11) is 1.55. The van der Waals surface area contributed by atoms with Gasteiger partial charge in [-0.3, -0.25) is 19.7 Å². The van der Waals surface area contributed by atoms with Gasteiger partial charge < -0.3 is 10.2 Å². The number of carbonyl (C=O) groups excluding carboxylic acids is 2. The van der Waals surface area contributed by atoms with Crippen LogP contribution in [0.5, 0.6) is 0 Å². The molecular formula is C20H22BrN3O4S. The van der Waals surface area contributed by atoms with Crippen LogP contribution < -0.4 is 5.32 Å². The lowest BCUT2D eigenvalue weighted by molar-refractivity contribution is -0.384. The highest BCUT2D eigenvalue weighted by molar-refractivity contribution is 9.10. The van der Waals surface area contributed by atoms with Crippen LogP contribution in [-0.2, 0) is 21.9 Å². The van der Waals surface area contributed by atoms with Gasteiger partial charge in [0.25, 0.3) is 5.69 Å². The van der Waals surface area contributed by atoms with E-state index in [4.69, 9.17) is 0 Å². The van der Waals surface area contributed by atoms with Crippen LogP contribution in [-0.4, -0.2) is 40.5 Å². The van der Waals surface area contributed by atoms with E-state index in [2.05, 4.69) is 21.2 Å². The zero-order valence-electron chi connectivity index (χ0n) is 16.1. The average Bonchev–Trinajstić information content (AvgIpc) is 2.71. The molecule has 0 spiro atoms. The minimum absolute atomic E-state index is 0.0365. The fourth-order valence-electron chi connectivity index (χ4n) is 2.68. The second kappa shape index (κ2) is 11.0. The third kappa shape index (κ3) is 6.86. The number of nitro benzene ring substituents is 1. The maximum Gasteiger partial charge on any atom is 0.269 e. The first-order valence-corrected chi connectivity index (χ1v) is 10.8. The lowest BCUT2D eigenvalue weighted by Crippen LogP contribution is -2.47. The van der Waals surface area contributed by atoms with Crippen LogP contribution in [0.2, 0.25) is 0 Å². The number of halogens is 1. The molecule has 0 saturated heterocycles. The molecular weight excluding hydrogens is 458 g/mol. The Labute approximate surface area is 182 Å². The molecule has 7 nitrogen and oxygen atoms in total. The quantitative estimate of drug-likeness (QED) is 0.436. The van der Waals surface area contributed by atoms with Gasteiger partial charge in [-0.25, -0.2) is 0 Å². The molecule has 2 aromatic carbocycles. The van der Waals surface area contributed by atoms with Crippen molar-refractivity contribution in [2.45, 2.75) is 25.3 Å². The van der Waals surface area contributed by atoms with Crippen LogP contribution in [0.1, 0.15) is 18.1 Å². The minimum atomic E-state index is -0.605. The minimum Gasteiger partial charge on any atom is -0.357 e. The summed E-state index contributed by atoms with van der Waals surface area (Å²) in [5.74, 6) is 0.372. The van der Waals surface area contributed by atoms with Crippen molar-refractivity contribution in [3.05, 3.63) is 74.2 Å². The number of nitrogens with zero attached hydrogens (tertiary/aromatic N) is 2. The van der Waals surface area contributed by atoms with E-state index in [9.17, 15) is 19.7 Å². The molecule has 0 unspecified atom stereocenters. The average molecular weight is 480 g/mol. The summed E-state index contributed by atoms with van der Waals surface area (Å²) in [5, 5.41) is 13.3. The number of likely N-dealkylation sites (N-methyl/N-ethyl adjacent to an activating group) is 1. The Morgan fingerprint density at radius 3 is 2.48 bits per heavy atom. The van der Waals surface area contributed by atoms with Crippen molar-refractivity contribution in [2.75, 3.05) is 12.8 Å². The summed E-state index contributed by atoms with van der Waals surface area (Å²) < 4.78 is 0.905. The lowest BCUT2D eigenvalue weighted by atomic mass is 10.1. The molecule has 2 aromatic rings. The van der Waals surface area contributed by atoms with E-state index in [0.29, 0.717) is 12.3 Å². The van der Waals surface area contributed by atoms with E-state index in [1.807, 2.05) is 24.3 Å². The number of carbonyl (C=O) groups is 2. The Hall–Kier alpha value is -2.39. The summed E-state index contributed by atoms with van der Waals surface area (Å²) >= 11 is 4.83. The molecule has 2 amide bonds. The van der Waals surface area contributed by atoms with Crippen LogP contribution >= 0.6 is 27.7 Å². The summed E-state index contributed by atoms with van der Waals surface area (Å²) in [4.78, 5) is 36.8. The van der Waals surface area contributed by atoms with Crippen molar-refractivity contribution in [1.82, 2.24) is 10.2 Å². The molecule has 154 valence electrons. The van der Waals surface area contributed by atoms with Gasteiger partial charge in [-0.05, 0) is 30.2 Å². The Bertz CT molecular complexity index is 876. The van der Waals surface area contributed by atoms with Gasteiger partial charge in [-0.2, -0.15) is 0 Å². The second-order valence-electron chi connectivity index (χ2n) is 6.36. The first-order chi connectivity index (χ1) is 13.8. The molecule has 0 heterocycles. The molecule has 1 N–H and O–H groups in total. The van der Waals surface area contributed by atoms with E-state index in [0.717, 1.165) is 15.6 Å². The monoisotopic (exact) mass is 479 g/mol. The summed E-state index contributed by atoms with van der Waals surface area (Å²) in [6.45, 7) is 2.03. The number of hydrogen-bond acceptors (Lipinski definition) is 5. The standard InChI is InChI=1S/C20H22BrN3O4S/c1-14(20(26)22-2)23(11-16-4-3-5-17(21)10-16)19(25)13-29-12-15-6-8-18(9-7-15)24(27)28/h3-10,14H,11-13H2,1-2H3,(H,22,26)/t14-/m1/s1. The van der Waals surface area contributed by atoms with Crippen molar-refractivity contribution >= 4 is 45.2 Å². The van der Waals surface area contributed by atoms with E-state index in [1.54, 1.807) is 31.0 Å². The Morgan fingerprint density at radius 2 is 1.90 bits per heavy atom. The Morgan fingerprint density at radius 1 is 1.21 bits per heavy atom. The molecule has 0 saturated carbocycles. The van der Waals surface area contributed by atoms with Crippen molar-refractivity contribution in [1.29, 1.82) is 0 Å². The highest BCUT2D eigenvalue weighted by atomic mass is 79.9. The molecule has 1 atom stereocenters. The third-order valence-electron chi connectivity index (χ3n) is 4.30. The summed E-state index contributed by atoms with van der Waals surface area (Å²) in [6, 6.07) is 13.3. The van der Waals surface area contributed by atoms with E-state index >= 15 is 0 Å². The zero-order chi connectivity index (χ0) is 21.4. The largest absolute Gasteiger partial charge is 0.357 e. The van der Waals surface area contributed by atoms with Crippen molar-refractivity contribution in [3.63, 3.8) is 0 Å². The third-order valence-corrected chi connectivity index (χ3v) is 5.78. The van der Waals surface area contributed by atoms with E-state index in [1.165, 1.54) is 23.9 Å². The highest BCUT2D eigenvalue weighted by Gasteiger charge is 2.25. The highest BCUT2D eigenvalue weighted by Crippen LogP contribution is 2.19. The van der Waals surface area contributed by atoms with E-state index < -0.39 is 11.0 Å². The van der Waals surface area contributed by atoms with Crippen LogP contribution in [0.3, 0.4) is 0 Å². The van der Waals surface area contributed by atoms with Gasteiger partial charge in [0.05, 0.1) is 10.7 Å². The zero-order valence-corrected chi connectivity index (χ0v) is 18.5. The number of benzene rings is 2. The lowest BCUT2D eigenvalue weighted by Gasteiger charge is -2.28. The van der Waals surface area contributed by atoms with Gasteiger partial charge in [0, 0.05) is 36.0 Å². The number of rotatable bonds is 9. The second-order valence-corrected chi connectivity index (χ2v) is 8.26. The van der Waals surface area contributed by atoms with Gasteiger partial charge in [-0.1, -0.05) is 40.2 Å². The molecule has 0 radical (unpaired) electrons. The van der Waals surface area contributed by atoms with Crippen molar-refractivity contribution in [2.24, 2.45) is 0 Å². The number of thioether (sulfide) groups is 1. The normalized spacial score (nSPS) is 11.6. The van der Waals surface area contributed by atoms with Gasteiger partial charge in [0.2, 0.25) is 11.8 Å². The van der Waals surface area contributed by atoms with Gasteiger partial charge in [0.1, 0.15) is 6.04 Å². The number of nitrogens with one attached hydrogen (secondary N) is 1. The first-order valence-electron chi connectivity index (χ1n) is 8.88. The number of non-ortho nitro benzene ring substituents is 1. The maximum absolute atomic E-state index is 12.9. The molecule has 29 heavy (non-hydrogen) atoms. The first kappa shape index (κ1) is 22.9. The molecule has 0 aliphatic rings. The molecule has 0 aliphatic heterocycles. The van der Waals surface area contributed by atoms with Crippen molar-refractivity contribution < 1.29 is 14.5 Å². The predicted octanol–water partition coefficient (Wildman–Crippen LogP) is 3.75. The number of amides is 2. The smallest absolute Gasteiger partial charge is 0.269 e. The van der Waals surface area contributed by atoms with Crippen LogP contribution in [0.15, 0.2) is 53.0 Å². The summed E-state index contributed by atoms with van der Waals surface area (Å²) in [6.07, 6.45) is 0. The Balaban J connectivity index is 2.02. The predicted molar refractivity (Wildman–Crippen MR) is 117 cm³/mol. The van der Waals surface area contributed by atoms with Gasteiger partial charge >= 0.3 is 0 Å².